The van der Waals surface area contributed by atoms with E-state index in [1.54, 1.807) is 6.33 Å². The summed E-state index contributed by atoms with van der Waals surface area (Å²) in [5.41, 5.74) is 3.87. The summed E-state index contributed by atoms with van der Waals surface area (Å²) < 4.78 is 7.81. The molecule has 1 aromatic carbocycles. The number of anilines is 1. The van der Waals surface area contributed by atoms with E-state index in [2.05, 4.69) is 74.3 Å². The normalized spacial score (nSPS) is 11.8. The summed E-state index contributed by atoms with van der Waals surface area (Å²) in [5, 5.41) is 7.99. The highest BCUT2D eigenvalue weighted by Crippen LogP contribution is 2.25. The van der Waals surface area contributed by atoms with Crippen LogP contribution < -0.4 is 10.1 Å². The van der Waals surface area contributed by atoms with Crippen LogP contribution in [0.1, 0.15) is 77.1 Å². The molecule has 0 amide bonds. The first-order valence-electron chi connectivity index (χ1n) is 11.6. The van der Waals surface area contributed by atoms with Crippen molar-refractivity contribution in [1.29, 1.82) is 0 Å². The molecule has 0 saturated heterocycles. The van der Waals surface area contributed by atoms with E-state index in [-0.39, 0.29) is 5.41 Å². The molecule has 6 nitrogen and oxygen atoms in total. The van der Waals surface area contributed by atoms with E-state index >= 15 is 0 Å². The van der Waals surface area contributed by atoms with Crippen LogP contribution in [0, 0.1) is 0 Å². The monoisotopic (exact) mass is 423 g/mol. The highest BCUT2D eigenvalue weighted by atomic mass is 16.5. The number of hydrogen-bond donors (Lipinski definition) is 1. The van der Waals surface area contributed by atoms with Crippen molar-refractivity contribution in [3.05, 3.63) is 47.4 Å². The van der Waals surface area contributed by atoms with Gasteiger partial charge in [-0.15, -0.1) is 0 Å². The molecule has 0 bridgehead atoms. The average molecular weight is 424 g/mol. The first-order chi connectivity index (χ1) is 14.9. The molecule has 0 aliphatic heterocycles. The van der Waals surface area contributed by atoms with Crippen LogP contribution in [0.15, 0.2) is 30.6 Å². The van der Waals surface area contributed by atoms with Gasteiger partial charge in [-0.2, -0.15) is 14.6 Å². The van der Waals surface area contributed by atoms with Gasteiger partial charge in [0.25, 0.3) is 5.78 Å². The van der Waals surface area contributed by atoms with Crippen LogP contribution in [0.5, 0.6) is 5.75 Å². The fourth-order valence-corrected chi connectivity index (χ4v) is 3.66. The van der Waals surface area contributed by atoms with Crippen molar-refractivity contribution in [2.24, 2.45) is 0 Å². The molecule has 0 atom stereocenters. The van der Waals surface area contributed by atoms with Crippen molar-refractivity contribution in [2.75, 3.05) is 18.5 Å². The van der Waals surface area contributed by atoms with Gasteiger partial charge in [0, 0.05) is 5.56 Å². The fourth-order valence-electron chi connectivity index (χ4n) is 3.66. The maximum absolute atomic E-state index is 5.98. The number of hydrogen-bond acceptors (Lipinski definition) is 5. The third kappa shape index (κ3) is 5.96. The van der Waals surface area contributed by atoms with Crippen LogP contribution in [-0.2, 0) is 18.3 Å². The van der Waals surface area contributed by atoms with Gasteiger partial charge >= 0.3 is 0 Å². The highest BCUT2D eigenvalue weighted by molar-refractivity contribution is 5.53. The van der Waals surface area contributed by atoms with Gasteiger partial charge in [0.15, 0.2) is 0 Å². The minimum absolute atomic E-state index is 0.148. The minimum Gasteiger partial charge on any atom is -0.492 e. The molecule has 31 heavy (non-hydrogen) atoms. The summed E-state index contributed by atoms with van der Waals surface area (Å²) in [4.78, 5) is 9.15. The number of benzene rings is 1. The lowest BCUT2D eigenvalue weighted by atomic mass is 9.87. The first-order valence-corrected chi connectivity index (χ1v) is 11.6. The van der Waals surface area contributed by atoms with Gasteiger partial charge in [0.1, 0.15) is 24.5 Å². The van der Waals surface area contributed by atoms with Gasteiger partial charge in [0.2, 0.25) is 0 Å². The Morgan fingerprint density at radius 3 is 2.39 bits per heavy atom. The molecule has 0 aliphatic rings. The van der Waals surface area contributed by atoms with Crippen LogP contribution >= 0.6 is 0 Å². The van der Waals surface area contributed by atoms with Crippen molar-refractivity contribution < 1.29 is 4.74 Å². The van der Waals surface area contributed by atoms with Gasteiger partial charge in [0.05, 0.1) is 12.2 Å². The number of aryl methyl sites for hydroxylation is 1. The molecule has 0 saturated carbocycles. The molecule has 0 fully saturated rings. The van der Waals surface area contributed by atoms with Gasteiger partial charge in [-0.3, -0.25) is 0 Å². The van der Waals surface area contributed by atoms with Crippen LogP contribution in [0.25, 0.3) is 5.78 Å². The van der Waals surface area contributed by atoms with Crippen LogP contribution in [0.2, 0.25) is 0 Å². The third-order valence-electron chi connectivity index (χ3n) is 5.54. The van der Waals surface area contributed by atoms with Gasteiger partial charge < -0.3 is 10.1 Å². The number of rotatable bonds is 11. The lowest BCUT2D eigenvalue weighted by Crippen LogP contribution is -2.18. The molecule has 6 heteroatoms. The second-order valence-electron chi connectivity index (χ2n) is 9.11. The van der Waals surface area contributed by atoms with Crippen LogP contribution in [0.3, 0.4) is 0 Å². The summed E-state index contributed by atoms with van der Waals surface area (Å²) in [6.07, 6.45) is 8.11. The van der Waals surface area contributed by atoms with E-state index in [9.17, 15) is 0 Å². The third-order valence-corrected chi connectivity index (χ3v) is 5.54. The maximum atomic E-state index is 5.98. The predicted octanol–water partition coefficient (Wildman–Crippen LogP) is 5.60. The molecule has 0 unspecified atom stereocenters. The minimum atomic E-state index is 0.148. The van der Waals surface area contributed by atoms with Crippen molar-refractivity contribution >= 4 is 11.6 Å². The molecule has 2 heterocycles. The largest absolute Gasteiger partial charge is 0.492 e. The summed E-state index contributed by atoms with van der Waals surface area (Å²) in [7, 11) is 0. The molecule has 2 aromatic heterocycles. The van der Waals surface area contributed by atoms with Crippen molar-refractivity contribution in [3.63, 3.8) is 0 Å². The Bertz CT molecular complexity index is 956. The van der Waals surface area contributed by atoms with E-state index in [1.165, 1.54) is 11.1 Å². The van der Waals surface area contributed by atoms with E-state index in [0.717, 1.165) is 55.8 Å². The molecule has 1 N–H and O–H groups in total. The quantitative estimate of drug-likeness (QED) is 0.407. The van der Waals surface area contributed by atoms with Gasteiger partial charge in [-0.25, -0.2) is 4.98 Å². The Balaban J connectivity index is 1.71. The fraction of sp³-hybridized carbons (Fsp3) is 0.560. The van der Waals surface area contributed by atoms with E-state index in [4.69, 9.17) is 9.72 Å². The zero-order chi connectivity index (χ0) is 22.3. The molecule has 0 aliphatic carbocycles. The summed E-state index contributed by atoms with van der Waals surface area (Å²) in [6.45, 7) is 12.4. The Morgan fingerprint density at radius 2 is 1.71 bits per heavy atom. The standard InChI is InChI=1S/C25H37N5O/c1-6-8-10-21-22(11-9-7-2)29-24-27-18-28-30(24)23(21)26-16-17-31-20-14-12-19(13-15-20)25(3,4)5/h12-15,18,26H,6-11,16-17H2,1-5H3. The molecular weight excluding hydrogens is 386 g/mol. The van der Waals surface area contributed by atoms with Crippen LogP contribution in [0.4, 0.5) is 5.82 Å². The van der Waals surface area contributed by atoms with Crippen molar-refractivity contribution in [3.8, 4) is 5.75 Å². The number of aromatic nitrogens is 4. The summed E-state index contributed by atoms with van der Waals surface area (Å²) in [6, 6.07) is 8.40. The second kappa shape index (κ2) is 10.6. The molecule has 168 valence electrons. The summed E-state index contributed by atoms with van der Waals surface area (Å²) >= 11 is 0. The SMILES string of the molecule is CCCCc1nc2ncnn2c(NCCOc2ccc(C(C)(C)C)cc2)c1CCCC. The van der Waals surface area contributed by atoms with Gasteiger partial charge in [-0.1, -0.05) is 59.6 Å². The molecule has 3 aromatic rings. The Labute approximate surface area is 186 Å². The second-order valence-corrected chi connectivity index (χ2v) is 9.11. The zero-order valence-corrected chi connectivity index (χ0v) is 19.7. The number of nitrogens with zero attached hydrogens (tertiary/aromatic N) is 4. The van der Waals surface area contributed by atoms with Crippen LogP contribution in [-0.4, -0.2) is 32.7 Å². The lowest BCUT2D eigenvalue weighted by Gasteiger charge is -2.19. The maximum Gasteiger partial charge on any atom is 0.254 e. The molecule has 0 spiro atoms. The van der Waals surface area contributed by atoms with Crippen molar-refractivity contribution in [1.82, 2.24) is 19.6 Å². The highest BCUT2D eigenvalue weighted by Gasteiger charge is 2.16. The smallest absolute Gasteiger partial charge is 0.254 e. The molecule has 0 radical (unpaired) electrons. The Morgan fingerprint density at radius 1 is 1.00 bits per heavy atom. The van der Waals surface area contributed by atoms with E-state index in [0.29, 0.717) is 18.9 Å². The summed E-state index contributed by atoms with van der Waals surface area (Å²) in [5.74, 6) is 2.56. The molecular formula is C25H37N5O. The predicted molar refractivity (Wildman–Crippen MR) is 127 cm³/mol. The lowest BCUT2D eigenvalue weighted by molar-refractivity contribution is 0.332. The number of ether oxygens (including phenoxy) is 1. The Hall–Kier alpha value is -2.63. The first kappa shape index (κ1) is 23.0. The van der Waals surface area contributed by atoms with Gasteiger partial charge in [-0.05, 0) is 48.8 Å². The topological polar surface area (TPSA) is 64.3 Å². The van der Waals surface area contributed by atoms with Crippen molar-refractivity contribution in [2.45, 2.75) is 78.6 Å². The Kier molecular flexibility index (Phi) is 7.88. The average Bonchev–Trinajstić information content (AvgIpc) is 3.22. The number of nitrogens with one attached hydrogen (secondary N) is 1. The molecule has 3 rings (SSSR count). The number of fused-ring (bicyclic) bond motifs is 1. The number of unbranched alkanes of at least 4 members (excludes halogenated alkanes) is 2. The van der Waals surface area contributed by atoms with E-state index in [1.807, 2.05) is 4.52 Å². The zero-order valence-electron chi connectivity index (χ0n) is 19.7. The van der Waals surface area contributed by atoms with E-state index < -0.39 is 0 Å².